The minimum absolute atomic E-state index is 0.224. The highest BCUT2D eigenvalue weighted by Gasteiger charge is 2.26. The van der Waals surface area contributed by atoms with Gasteiger partial charge in [-0.25, -0.2) is 14.1 Å². The van der Waals surface area contributed by atoms with E-state index in [0.29, 0.717) is 28.5 Å². The number of pyridine rings is 1. The maximum Gasteiger partial charge on any atom is 0.258 e. The van der Waals surface area contributed by atoms with E-state index in [2.05, 4.69) is 30.8 Å². The number of nitrogens with one attached hydrogen (secondary N) is 2. The number of hydrogen-bond acceptors (Lipinski definition) is 6. The molecule has 1 aliphatic rings. The standard InChI is InChI=1S/C21H23FN8O/c1-12-9-30-11-14(8-16(22)20(30)24-12)25-21(31)15-4-5-17(19-18(15)26-27-28(19)3)29-7-6-13(10-29)23-2/h4-5,8-9,11,13,23H,6-7,10H2,1-3H3,(H,25,31)/t13-/m0/s1. The number of benzene rings is 1. The van der Waals surface area contributed by atoms with Gasteiger partial charge in [0, 0.05) is 44.6 Å². The van der Waals surface area contributed by atoms with Crippen LogP contribution in [-0.2, 0) is 7.05 Å². The molecule has 0 radical (unpaired) electrons. The van der Waals surface area contributed by atoms with Crippen LogP contribution < -0.4 is 15.5 Å². The van der Waals surface area contributed by atoms with Gasteiger partial charge in [0.25, 0.3) is 5.91 Å². The topological polar surface area (TPSA) is 92.4 Å². The second-order valence-corrected chi connectivity index (χ2v) is 7.91. The summed E-state index contributed by atoms with van der Waals surface area (Å²) in [7, 11) is 3.78. The van der Waals surface area contributed by atoms with Crippen LogP contribution in [0.2, 0.25) is 0 Å². The quantitative estimate of drug-likeness (QED) is 0.523. The Morgan fingerprint density at radius 3 is 2.90 bits per heavy atom. The molecule has 1 amide bonds. The minimum atomic E-state index is -0.501. The molecule has 1 aliphatic heterocycles. The summed E-state index contributed by atoms with van der Waals surface area (Å²) in [6.45, 7) is 3.59. The van der Waals surface area contributed by atoms with Gasteiger partial charge >= 0.3 is 0 Å². The van der Waals surface area contributed by atoms with Crippen LogP contribution >= 0.6 is 0 Å². The van der Waals surface area contributed by atoms with Crippen LogP contribution in [0.15, 0.2) is 30.6 Å². The number of anilines is 2. The summed E-state index contributed by atoms with van der Waals surface area (Å²) in [6.07, 6.45) is 4.39. The van der Waals surface area contributed by atoms with Crippen LogP contribution in [-0.4, -0.2) is 56.5 Å². The van der Waals surface area contributed by atoms with Crippen LogP contribution in [0.4, 0.5) is 15.8 Å². The van der Waals surface area contributed by atoms with E-state index in [-0.39, 0.29) is 11.6 Å². The van der Waals surface area contributed by atoms with Crippen molar-refractivity contribution in [3.63, 3.8) is 0 Å². The minimum Gasteiger partial charge on any atom is -0.368 e. The number of carbonyl (C=O) groups is 1. The molecule has 5 rings (SSSR count). The molecule has 2 N–H and O–H groups in total. The van der Waals surface area contributed by atoms with Crippen molar-refractivity contribution in [1.82, 2.24) is 29.7 Å². The van der Waals surface area contributed by atoms with E-state index in [1.165, 1.54) is 6.07 Å². The Kier molecular flexibility index (Phi) is 4.58. The van der Waals surface area contributed by atoms with Gasteiger partial charge in [0.1, 0.15) is 11.0 Å². The van der Waals surface area contributed by atoms with Crippen molar-refractivity contribution < 1.29 is 9.18 Å². The average molecular weight is 422 g/mol. The maximum absolute atomic E-state index is 14.4. The highest BCUT2D eigenvalue weighted by Crippen LogP contribution is 2.31. The first-order valence-corrected chi connectivity index (χ1v) is 10.2. The van der Waals surface area contributed by atoms with E-state index in [4.69, 9.17) is 0 Å². The molecule has 1 fully saturated rings. The zero-order valence-electron chi connectivity index (χ0n) is 17.6. The number of carbonyl (C=O) groups excluding carboxylic acids is 1. The Morgan fingerprint density at radius 2 is 2.13 bits per heavy atom. The van der Waals surface area contributed by atoms with Gasteiger partial charge in [-0.3, -0.25) is 4.79 Å². The number of aromatic nitrogens is 5. The van der Waals surface area contributed by atoms with Crippen molar-refractivity contribution >= 4 is 34.0 Å². The molecule has 31 heavy (non-hydrogen) atoms. The van der Waals surface area contributed by atoms with Gasteiger partial charge in [-0.2, -0.15) is 0 Å². The molecular weight excluding hydrogens is 399 g/mol. The summed E-state index contributed by atoms with van der Waals surface area (Å²) in [4.78, 5) is 19.5. The number of imidazole rings is 1. The summed E-state index contributed by atoms with van der Waals surface area (Å²) in [5.74, 6) is -0.874. The van der Waals surface area contributed by atoms with E-state index < -0.39 is 5.82 Å². The molecule has 4 aromatic rings. The van der Waals surface area contributed by atoms with Gasteiger partial charge in [0.15, 0.2) is 11.5 Å². The fraction of sp³-hybridized carbons (Fsp3) is 0.333. The molecule has 1 atom stereocenters. The first-order valence-electron chi connectivity index (χ1n) is 10.2. The maximum atomic E-state index is 14.4. The molecule has 3 aromatic heterocycles. The lowest BCUT2D eigenvalue weighted by molar-refractivity contribution is 0.102. The van der Waals surface area contributed by atoms with Gasteiger partial charge in [-0.15, -0.1) is 5.10 Å². The molecule has 160 valence electrons. The van der Waals surface area contributed by atoms with E-state index >= 15 is 0 Å². The lowest BCUT2D eigenvalue weighted by atomic mass is 10.1. The molecule has 4 heterocycles. The first kappa shape index (κ1) is 19.4. The van der Waals surface area contributed by atoms with Gasteiger partial charge in [0.05, 0.1) is 22.6 Å². The number of likely N-dealkylation sites (N-methyl/N-ethyl adjacent to an activating group) is 1. The Morgan fingerprint density at radius 1 is 1.29 bits per heavy atom. The van der Waals surface area contributed by atoms with Crippen LogP contribution in [0.1, 0.15) is 22.5 Å². The SMILES string of the molecule is CN[C@H]1CCN(c2ccc(C(=O)Nc3cc(F)c4nc(C)cn4c3)c3nnn(C)c23)C1. The lowest BCUT2D eigenvalue weighted by Crippen LogP contribution is -2.29. The molecule has 0 aliphatic carbocycles. The fourth-order valence-electron chi connectivity index (χ4n) is 4.25. The zero-order valence-corrected chi connectivity index (χ0v) is 17.6. The molecule has 1 saturated heterocycles. The first-order chi connectivity index (χ1) is 14.9. The summed E-state index contributed by atoms with van der Waals surface area (Å²) in [5, 5.41) is 14.5. The van der Waals surface area contributed by atoms with Crippen molar-refractivity contribution in [2.75, 3.05) is 30.4 Å². The third-order valence-electron chi connectivity index (χ3n) is 5.80. The molecule has 10 heteroatoms. The molecule has 0 spiro atoms. The number of fused-ring (bicyclic) bond motifs is 2. The summed E-state index contributed by atoms with van der Waals surface area (Å²) >= 11 is 0. The van der Waals surface area contributed by atoms with Gasteiger partial charge in [-0.1, -0.05) is 5.21 Å². The Bertz CT molecular complexity index is 1310. The Hall–Kier alpha value is -3.53. The summed E-state index contributed by atoms with van der Waals surface area (Å²) in [5.41, 5.74) is 3.96. The van der Waals surface area contributed by atoms with Crippen LogP contribution in [0.3, 0.4) is 0 Å². The number of rotatable bonds is 4. The molecule has 0 unspecified atom stereocenters. The predicted octanol–water partition coefficient (Wildman–Crippen LogP) is 2.11. The van der Waals surface area contributed by atoms with Gasteiger partial charge in [0.2, 0.25) is 0 Å². The smallest absolute Gasteiger partial charge is 0.258 e. The van der Waals surface area contributed by atoms with Crippen LogP contribution in [0.25, 0.3) is 16.7 Å². The third-order valence-corrected chi connectivity index (χ3v) is 5.80. The largest absolute Gasteiger partial charge is 0.368 e. The number of hydrogen-bond donors (Lipinski definition) is 2. The van der Waals surface area contributed by atoms with E-state index in [1.54, 1.807) is 34.5 Å². The van der Waals surface area contributed by atoms with Crippen LogP contribution in [0, 0.1) is 12.7 Å². The van der Waals surface area contributed by atoms with E-state index in [0.717, 1.165) is 30.7 Å². The number of amides is 1. The number of halogens is 1. The molecule has 1 aromatic carbocycles. The van der Waals surface area contributed by atoms with Crippen LogP contribution in [0.5, 0.6) is 0 Å². The highest BCUT2D eigenvalue weighted by atomic mass is 19.1. The van der Waals surface area contributed by atoms with Gasteiger partial charge < -0.3 is 19.9 Å². The molecule has 0 saturated carbocycles. The van der Waals surface area contributed by atoms with Crippen molar-refractivity contribution in [3.8, 4) is 0 Å². The fourth-order valence-corrected chi connectivity index (χ4v) is 4.25. The van der Waals surface area contributed by atoms with Crippen molar-refractivity contribution in [2.24, 2.45) is 7.05 Å². The Labute approximate surface area is 177 Å². The molecular formula is C21H23FN8O. The predicted molar refractivity (Wildman–Crippen MR) is 116 cm³/mol. The normalized spacial score (nSPS) is 16.5. The number of aryl methyl sites for hydroxylation is 2. The van der Waals surface area contributed by atoms with Crippen molar-refractivity contribution in [2.45, 2.75) is 19.4 Å². The van der Waals surface area contributed by atoms with Crippen molar-refractivity contribution in [1.29, 1.82) is 0 Å². The summed E-state index contributed by atoms with van der Waals surface area (Å²) in [6, 6.07) is 5.38. The zero-order chi connectivity index (χ0) is 21.7. The molecule has 0 bridgehead atoms. The third kappa shape index (κ3) is 3.28. The highest BCUT2D eigenvalue weighted by molar-refractivity contribution is 6.13. The Balaban J connectivity index is 1.49. The second kappa shape index (κ2) is 7.31. The van der Waals surface area contributed by atoms with E-state index in [9.17, 15) is 9.18 Å². The summed E-state index contributed by atoms with van der Waals surface area (Å²) < 4.78 is 17.6. The van der Waals surface area contributed by atoms with Gasteiger partial charge in [-0.05, 0) is 32.5 Å². The monoisotopic (exact) mass is 422 g/mol. The van der Waals surface area contributed by atoms with Crippen molar-refractivity contribution in [3.05, 3.63) is 47.7 Å². The molecule has 9 nitrogen and oxygen atoms in total. The average Bonchev–Trinajstić information content (AvgIpc) is 3.46. The van der Waals surface area contributed by atoms with E-state index in [1.807, 2.05) is 20.2 Å². The number of nitrogens with zero attached hydrogens (tertiary/aromatic N) is 6. The lowest BCUT2D eigenvalue weighted by Gasteiger charge is -2.20. The second-order valence-electron chi connectivity index (χ2n) is 7.91.